The highest BCUT2D eigenvalue weighted by Gasteiger charge is 2.09. The molecule has 0 radical (unpaired) electrons. The van der Waals surface area contributed by atoms with Crippen LogP contribution in [0.2, 0.25) is 0 Å². The van der Waals surface area contributed by atoms with Gasteiger partial charge in [-0.1, -0.05) is 44.9 Å². The molecule has 0 aliphatic rings. The van der Waals surface area contributed by atoms with E-state index in [0.717, 1.165) is 12.2 Å². The van der Waals surface area contributed by atoms with Crippen molar-refractivity contribution in [2.75, 3.05) is 18.9 Å². The van der Waals surface area contributed by atoms with Crippen molar-refractivity contribution in [3.63, 3.8) is 0 Å². The van der Waals surface area contributed by atoms with Crippen molar-refractivity contribution in [2.45, 2.75) is 40.2 Å². The first-order chi connectivity index (χ1) is 9.08. The Labute approximate surface area is 117 Å². The largest absolute Gasteiger partial charge is 0.384 e. The zero-order valence-corrected chi connectivity index (χ0v) is 12.6. The van der Waals surface area contributed by atoms with Gasteiger partial charge in [0.1, 0.15) is 0 Å². The van der Waals surface area contributed by atoms with Crippen LogP contribution in [0.1, 0.15) is 39.2 Å². The Morgan fingerprint density at radius 1 is 1.26 bits per heavy atom. The van der Waals surface area contributed by atoms with Crippen molar-refractivity contribution in [1.82, 2.24) is 4.90 Å². The van der Waals surface area contributed by atoms with Crippen LogP contribution in [0.3, 0.4) is 0 Å². The maximum absolute atomic E-state index is 11.3. The van der Waals surface area contributed by atoms with Crippen molar-refractivity contribution >= 4 is 11.6 Å². The molecule has 1 aromatic carbocycles. The SMILES string of the molecule is CCC(CC)CNc1ccccc1CN(C)C(C)=O. The van der Waals surface area contributed by atoms with E-state index in [4.69, 9.17) is 0 Å². The van der Waals surface area contributed by atoms with Gasteiger partial charge in [0, 0.05) is 32.7 Å². The van der Waals surface area contributed by atoms with Gasteiger partial charge in [-0.05, 0) is 17.5 Å². The number of rotatable bonds is 7. The van der Waals surface area contributed by atoms with E-state index in [1.165, 1.54) is 18.4 Å². The quantitative estimate of drug-likeness (QED) is 0.815. The highest BCUT2D eigenvalue weighted by Crippen LogP contribution is 2.18. The van der Waals surface area contributed by atoms with Gasteiger partial charge in [0.2, 0.25) is 5.91 Å². The van der Waals surface area contributed by atoms with E-state index >= 15 is 0 Å². The number of carbonyl (C=O) groups excluding carboxylic acids is 1. The number of nitrogens with one attached hydrogen (secondary N) is 1. The summed E-state index contributed by atoms with van der Waals surface area (Å²) in [4.78, 5) is 13.1. The van der Waals surface area contributed by atoms with Gasteiger partial charge in [-0.3, -0.25) is 4.79 Å². The summed E-state index contributed by atoms with van der Waals surface area (Å²) in [6.45, 7) is 7.70. The van der Waals surface area contributed by atoms with Gasteiger partial charge in [0.25, 0.3) is 0 Å². The zero-order valence-electron chi connectivity index (χ0n) is 12.6. The lowest BCUT2D eigenvalue weighted by Crippen LogP contribution is -2.24. The summed E-state index contributed by atoms with van der Waals surface area (Å²) in [7, 11) is 1.83. The maximum atomic E-state index is 11.3. The molecule has 19 heavy (non-hydrogen) atoms. The summed E-state index contributed by atoms with van der Waals surface area (Å²) in [6, 6.07) is 8.22. The normalized spacial score (nSPS) is 10.6. The van der Waals surface area contributed by atoms with Gasteiger partial charge in [-0.15, -0.1) is 0 Å². The Kier molecular flexibility index (Phi) is 6.40. The first kappa shape index (κ1) is 15.5. The second-order valence-electron chi connectivity index (χ2n) is 5.10. The van der Waals surface area contributed by atoms with Crippen LogP contribution in [0.4, 0.5) is 5.69 Å². The Hall–Kier alpha value is -1.51. The summed E-state index contributed by atoms with van der Waals surface area (Å²) in [6.07, 6.45) is 2.39. The molecule has 3 heteroatoms. The molecule has 0 atom stereocenters. The lowest BCUT2D eigenvalue weighted by molar-refractivity contribution is -0.128. The van der Waals surface area contributed by atoms with Gasteiger partial charge in [0.15, 0.2) is 0 Å². The molecule has 0 spiro atoms. The molecule has 0 bridgehead atoms. The van der Waals surface area contributed by atoms with Crippen LogP contribution in [0.5, 0.6) is 0 Å². The Morgan fingerprint density at radius 3 is 2.47 bits per heavy atom. The third kappa shape index (κ3) is 4.93. The molecule has 0 saturated heterocycles. The molecule has 3 nitrogen and oxygen atoms in total. The van der Waals surface area contributed by atoms with Crippen LogP contribution < -0.4 is 5.32 Å². The van der Waals surface area contributed by atoms with Crippen LogP contribution >= 0.6 is 0 Å². The number of benzene rings is 1. The molecule has 0 saturated carbocycles. The second-order valence-corrected chi connectivity index (χ2v) is 5.10. The lowest BCUT2D eigenvalue weighted by Gasteiger charge is -2.20. The van der Waals surface area contributed by atoms with Gasteiger partial charge >= 0.3 is 0 Å². The van der Waals surface area contributed by atoms with Crippen LogP contribution in [0.15, 0.2) is 24.3 Å². The fourth-order valence-corrected chi connectivity index (χ4v) is 2.03. The van der Waals surface area contributed by atoms with Crippen LogP contribution in [0.25, 0.3) is 0 Å². The summed E-state index contributed by atoms with van der Waals surface area (Å²) in [5.41, 5.74) is 2.31. The minimum atomic E-state index is 0.0924. The number of anilines is 1. The molecule has 0 aliphatic carbocycles. The standard InChI is InChI=1S/C16H26N2O/c1-5-14(6-2)11-17-16-10-8-7-9-15(16)12-18(4)13(3)19/h7-10,14,17H,5-6,11-12H2,1-4H3. The number of carbonyl (C=O) groups is 1. The van der Waals surface area contributed by atoms with E-state index in [9.17, 15) is 4.79 Å². The zero-order chi connectivity index (χ0) is 14.3. The average Bonchev–Trinajstić information content (AvgIpc) is 2.41. The van der Waals surface area contributed by atoms with Gasteiger partial charge < -0.3 is 10.2 Å². The summed E-state index contributed by atoms with van der Waals surface area (Å²) >= 11 is 0. The number of hydrogen-bond donors (Lipinski definition) is 1. The van der Waals surface area contributed by atoms with E-state index < -0.39 is 0 Å². The molecule has 0 fully saturated rings. The second kappa shape index (κ2) is 7.82. The Morgan fingerprint density at radius 2 is 1.89 bits per heavy atom. The third-order valence-electron chi connectivity index (χ3n) is 3.70. The Balaban J connectivity index is 2.70. The summed E-state index contributed by atoms with van der Waals surface area (Å²) in [5, 5.41) is 3.52. The lowest BCUT2D eigenvalue weighted by atomic mass is 10.0. The average molecular weight is 262 g/mol. The highest BCUT2D eigenvalue weighted by molar-refractivity contribution is 5.73. The molecule has 1 N–H and O–H groups in total. The fraction of sp³-hybridized carbons (Fsp3) is 0.562. The minimum Gasteiger partial charge on any atom is -0.384 e. The van der Waals surface area contributed by atoms with E-state index in [1.807, 2.05) is 19.2 Å². The topological polar surface area (TPSA) is 32.3 Å². The van der Waals surface area contributed by atoms with Crippen LogP contribution in [-0.4, -0.2) is 24.4 Å². The van der Waals surface area contributed by atoms with Crippen molar-refractivity contribution in [3.05, 3.63) is 29.8 Å². The molecular formula is C16H26N2O. The number of nitrogens with zero attached hydrogens (tertiary/aromatic N) is 1. The number of hydrogen-bond acceptors (Lipinski definition) is 2. The number of amides is 1. The molecule has 1 aromatic rings. The van der Waals surface area contributed by atoms with E-state index in [2.05, 4.69) is 31.3 Å². The molecule has 0 aliphatic heterocycles. The molecule has 0 aromatic heterocycles. The van der Waals surface area contributed by atoms with Crippen molar-refractivity contribution in [2.24, 2.45) is 5.92 Å². The first-order valence-electron chi connectivity index (χ1n) is 7.11. The van der Waals surface area contributed by atoms with Crippen LogP contribution in [-0.2, 0) is 11.3 Å². The molecule has 1 rings (SSSR count). The molecule has 106 valence electrons. The van der Waals surface area contributed by atoms with Gasteiger partial charge in [0.05, 0.1) is 0 Å². The highest BCUT2D eigenvalue weighted by atomic mass is 16.2. The van der Waals surface area contributed by atoms with Crippen molar-refractivity contribution in [3.8, 4) is 0 Å². The van der Waals surface area contributed by atoms with Crippen LogP contribution in [0, 0.1) is 5.92 Å². The molecular weight excluding hydrogens is 236 g/mol. The predicted octanol–water partition coefficient (Wildman–Crippen LogP) is 3.51. The van der Waals surface area contributed by atoms with E-state index in [0.29, 0.717) is 12.5 Å². The number of para-hydroxylation sites is 1. The minimum absolute atomic E-state index is 0.0924. The van der Waals surface area contributed by atoms with E-state index in [1.54, 1.807) is 11.8 Å². The molecule has 0 heterocycles. The van der Waals surface area contributed by atoms with E-state index in [-0.39, 0.29) is 5.91 Å². The van der Waals surface area contributed by atoms with Crippen molar-refractivity contribution in [1.29, 1.82) is 0 Å². The predicted molar refractivity (Wildman–Crippen MR) is 81.2 cm³/mol. The monoisotopic (exact) mass is 262 g/mol. The molecule has 0 unspecified atom stereocenters. The maximum Gasteiger partial charge on any atom is 0.219 e. The summed E-state index contributed by atoms with van der Waals surface area (Å²) in [5.74, 6) is 0.799. The molecule has 1 amide bonds. The fourth-order valence-electron chi connectivity index (χ4n) is 2.03. The smallest absolute Gasteiger partial charge is 0.219 e. The first-order valence-corrected chi connectivity index (χ1v) is 7.11. The van der Waals surface area contributed by atoms with Gasteiger partial charge in [-0.25, -0.2) is 0 Å². The third-order valence-corrected chi connectivity index (χ3v) is 3.70. The summed E-state index contributed by atoms with van der Waals surface area (Å²) < 4.78 is 0. The Bertz CT molecular complexity index is 399. The van der Waals surface area contributed by atoms with Gasteiger partial charge in [-0.2, -0.15) is 0 Å². The van der Waals surface area contributed by atoms with Crippen molar-refractivity contribution < 1.29 is 4.79 Å².